The zero-order valence-electron chi connectivity index (χ0n) is 11.5. The summed E-state index contributed by atoms with van der Waals surface area (Å²) in [5, 5.41) is 2.58. The second-order valence-electron chi connectivity index (χ2n) is 4.28. The van der Waals surface area contributed by atoms with Crippen molar-refractivity contribution in [2.75, 3.05) is 19.8 Å². The van der Waals surface area contributed by atoms with Crippen LogP contribution in [-0.2, 0) is 9.53 Å². The van der Waals surface area contributed by atoms with E-state index in [1.165, 1.54) is 0 Å². The molecular formula is C14H17NO5. The molecule has 1 atom stereocenters. The highest BCUT2D eigenvalue weighted by Crippen LogP contribution is 2.33. The molecule has 108 valence electrons. The molecule has 0 aliphatic carbocycles. The Kier molecular flexibility index (Phi) is 4.45. The molecule has 6 nitrogen and oxygen atoms in total. The second-order valence-corrected chi connectivity index (χ2v) is 4.28. The molecule has 1 unspecified atom stereocenters. The maximum Gasteiger partial charge on any atom is 0.328 e. The van der Waals surface area contributed by atoms with Gasteiger partial charge in [0.2, 0.25) is 0 Å². The number of ether oxygens (including phenoxy) is 3. The first-order chi connectivity index (χ1) is 9.63. The summed E-state index contributed by atoms with van der Waals surface area (Å²) in [5.74, 6) is 0.0794. The van der Waals surface area contributed by atoms with Crippen LogP contribution in [0.25, 0.3) is 0 Å². The van der Waals surface area contributed by atoms with Crippen LogP contribution >= 0.6 is 0 Å². The van der Waals surface area contributed by atoms with E-state index in [2.05, 4.69) is 5.32 Å². The number of carbonyl (C=O) groups is 2. The summed E-state index contributed by atoms with van der Waals surface area (Å²) in [5.41, 5.74) is 0.346. The first-order valence-electron chi connectivity index (χ1n) is 6.49. The number of carbonyl (C=O) groups excluding carboxylic acids is 2. The van der Waals surface area contributed by atoms with Crippen LogP contribution in [0.15, 0.2) is 18.2 Å². The van der Waals surface area contributed by atoms with Crippen LogP contribution in [0.1, 0.15) is 24.2 Å². The van der Waals surface area contributed by atoms with E-state index in [0.717, 1.165) is 0 Å². The Morgan fingerprint density at radius 3 is 2.85 bits per heavy atom. The third kappa shape index (κ3) is 3.01. The van der Waals surface area contributed by atoms with Gasteiger partial charge in [-0.3, -0.25) is 4.79 Å². The molecule has 1 amide bonds. The third-order valence-corrected chi connectivity index (χ3v) is 2.80. The van der Waals surface area contributed by atoms with Gasteiger partial charge in [-0.15, -0.1) is 0 Å². The van der Waals surface area contributed by atoms with Crippen molar-refractivity contribution in [1.29, 1.82) is 0 Å². The number of rotatable bonds is 4. The molecule has 0 radical (unpaired) electrons. The summed E-state index contributed by atoms with van der Waals surface area (Å²) in [6.07, 6.45) is 0. The maximum absolute atomic E-state index is 12.2. The SMILES string of the molecule is CCOC(=O)C(C)NC(=O)c1cccc2c1OCCO2. The minimum absolute atomic E-state index is 0.275. The predicted molar refractivity (Wildman–Crippen MR) is 71.0 cm³/mol. The first-order valence-corrected chi connectivity index (χ1v) is 6.49. The number of hydrogen-bond donors (Lipinski definition) is 1. The molecule has 1 aromatic rings. The van der Waals surface area contributed by atoms with Crippen molar-refractivity contribution in [3.63, 3.8) is 0 Å². The van der Waals surface area contributed by atoms with Gasteiger partial charge in [0.1, 0.15) is 19.3 Å². The summed E-state index contributed by atoms with van der Waals surface area (Å²) in [4.78, 5) is 23.7. The van der Waals surface area contributed by atoms with E-state index >= 15 is 0 Å². The van der Waals surface area contributed by atoms with Gasteiger partial charge < -0.3 is 19.5 Å². The molecule has 1 N–H and O–H groups in total. The molecule has 20 heavy (non-hydrogen) atoms. The Morgan fingerprint density at radius 1 is 1.35 bits per heavy atom. The molecule has 0 spiro atoms. The van der Waals surface area contributed by atoms with Gasteiger partial charge in [-0.25, -0.2) is 4.79 Å². The number of benzene rings is 1. The highest BCUT2D eigenvalue weighted by molar-refractivity contribution is 5.99. The number of hydrogen-bond acceptors (Lipinski definition) is 5. The zero-order valence-corrected chi connectivity index (χ0v) is 11.5. The molecule has 6 heteroatoms. The molecule has 0 fully saturated rings. The lowest BCUT2D eigenvalue weighted by molar-refractivity contribution is -0.144. The highest BCUT2D eigenvalue weighted by atomic mass is 16.6. The molecule has 0 bridgehead atoms. The molecule has 1 aliphatic heterocycles. The van der Waals surface area contributed by atoms with Crippen molar-refractivity contribution in [1.82, 2.24) is 5.32 Å². The van der Waals surface area contributed by atoms with Crippen LogP contribution in [-0.4, -0.2) is 37.7 Å². The van der Waals surface area contributed by atoms with Gasteiger partial charge in [0.05, 0.1) is 12.2 Å². The van der Waals surface area contributed by atoms with E-state index in [-0.39, 0.29) is 6.61 Å². The van der Waals surface area contributed by atoms with E-state index < -0.39 is 17.9 Å². The van der Waals surface area contributed by atoms with Crippen LogP contribution in [0.3, 0.4) is 0 Å². The number of nitrogens with one attached hydrogen (secondary N) is 1. The van der Waals surface area contributed by atoms with Gasteiger partial charge in [0.25, 0.3) is 5.91 Å². The lowest BCUT2D eigenvalue weighted by Gasteiger charge is -2.21. The average molecular weight is 279 g/mol. The van der Waals surface area contributed by atoms with Crippen molar-refractivity contribution < 1.29 is 23.8 Å². The highest BCUT2D eigenvalue weighted by Gasteiger charge is 2.23. The Morgan fingerprint density at radius 2 is 2.10 bits per heavy atom. The minimum atomic E-state index is -0.720. The van der Waals surface area contributed by atoms with Crippen molar-refractivity contribution in [2.24, 2.45) is 0 Å². The van der Waals surface area contributed by atoms with Gasteiger partial charge in [-0.05, 0) is 26.0 Å². The molecule has 0 aromatic heterocycles. The lowest BCUT2D eigenvalue weighted by atomic mass is 10.1. The van der Waals surface area contributed by atoms with E-state index in [0.29, 0.717) is 30.3 Å². The van der Waals surface area contributed by atoms with E-state index in [9.17, 15) is 9.59 Å². The Labute approximate surface area is 117 Å². The minimum Gasteiger partial charge on any atom is -0.486 e. The fourth-order valence-electron chi connectivity index (χ4n) is 1.85. The molecule has 0 saturated carbocycles. The Balaban J connectivity index is 2.12. The fraction of sp³-hybridized carbons (Fsp3) is 0.429. The van der Waals surface area contributed by atoms with Crippen molar-refractivity contribution in [2.45, 2.75) is 19.9 Å². The average Bonchev–Trinajstić information content (AvgIpc) is 2.46. The van der Waals surface area contributed by atoms with Gasteiger partial charge in [-0.1, -0.05) is 6.07 Å². The van der Waals surface area contributed by atoms with Gasteiger partial charge in [0.15, 0.2) is 11.5 Å². The number of fused-ring (bicyclic) bond motifs is 1. The zero-order chi connectivity index (χ0) is 14.5. The second kappa shape index (κ2) is 6.27. The van der Waals surface area contributed by atoms with E-state index in [1.54, 1.807) is 32.0 Å². The van der Waals surface area contributed by atoms with Crippen LogP contribution < -0.4 is 14.8 Å². The van der Waals surface area contributed by atoms with Crippen LogP contribution in [0, 0.1) is 0 Å². The van der Waals surface area contributed by atoms with Crippen molar-refractivity contribution >= 4 is 11.9 Å². The number of para-hydroxylation sites is 1. The molecule has 0 saturated heterocycles. The van der Waals surface area contributed by atoms with Crippen LogP contribution in [0.2, 0.25) is 0 Å². The van der Waals surface area contributed by atoms with E-state index in [4.69, 9.17) is 14.2 Å². The van der Waals surface area contributed by atoms with Crippen molar-refractivity contribution in [3.05, 3.63) is 23.8 Å². The molecular weight excluding hydrogens is 262 g/mol. The van der Waals surface area contributed by atoms with Gasteiger partial charge in [0, 0.05) is 0 Å². The molecule has 2 rings (SSSR count). The van der Waals surface area contributed by atoms with Crippen LogP contribution in [0.5, 0.6) is 11.5 Å². The summed E-state index contributed by atoms with van der Waals surface area (Å²) in [6.45, 7) is 4.41. The van der Waals surface area contributed by atoms with Crippen LogP contribution in [0.4, 0.5) is 0 Å². The van der Waals surface area contributed by atoms with Crippen molar-refractivity contribution in [3.8, 4) is 11.5 Å². The number of amides is 1. The molecule has 1 aromatic carbocycles. The quantitative estimate of drug-likeness (QED) is 0.837. The number of esters is 1. The molecule has 1 heterocycles. The summed E-state index contributed by atoms with van der Waals surface area (Å²) in [7, 11) is 0. The monoisotopic (exact) mass is 279 g/mol. The Bertz CT molecular complexity index is 514. The van der Waals surface area contributed by atoms with Gasteiger partial charge in [-0.2, -0.15) is 0 Å². The molecule has 1 aliphatic rings. The normalized spacial score (nSPS) is 14.3. The third-order valence-electron chi connectivity index (χ3n) is 2.80. The van der Waals surface area contributed by atoms with Gasteiger partial charge >= 0.3 is 5.97 Å². The maximum atomic E-state index is 12.2. The lowest BCUT2D eigenvalue weighted by Crippen LogP contribution is -2.39. The summed E-state index contributed by atoms with van der Waals surface area (Å²) in [6, 6.07) is 4.35. The first kappa shape index (κ1) is 14.2. The topological polar surface area (TPSA) is 73.9 Å². The summed E-state index contributed by atoms with van der Waals surface area (Å²) >= 11 is 0. The standard InChI is InChI=1S/C14H17NO5/c1-3-18-14(17)9(2)15-13(16)10-5-4-6-11-12(10)20-8-7-19-11/h4-6,9H,3,7-8H2,1-2H3,(H,15,16). The smallest absolute Gasteiger partial charge is 0.328 e. The summed E-state index contributed by atoms with van der Waals surface area (Å²) < 4.78 is 15.7. The largest absolute Gasteiger partial charge is 0.486 e. The fourth-order valence-corrected chi connectivity index (χ4v) is 1.85. The van der Waals surface area contributed by atoms with E-state index in [1.807, 2.05) is 0 Å². The Hall–Kier alpha value is -2.24. The predicted octanol–water partition coefficient (Wildman–Crippen LogP) is 1.14.